The molecule has 5 heteroatoms. The quantitative estimate of drug-likeness (QED) is 0.716. The average Bonchev–Trinajstić information content (AvgIpc) is 2.89. The van der Waals surface area contributed by atoms with Crippen molar-refractivity contribution >= 4 is 34.4 Å². The molecule has 3 aromatic rings. The summed E-state index contributed by atoms with van der Waals surface area (Å²) in [5.41, 5.74) is 3.91. The fourth-order valence-corrected chi connectivity index (χ4v) is 2.96. The molecule has 1 heterocycles. The first-order chi connectivity index (χ1) is 10.6. The van der Waals surface area contributed by atoms with Gasteiger partial charge in [0.15, 0.2) is 5.16 Å². The third-order valence-corrected chi connectivity index (χ3v) is 4.30. The van der Waals surface area contributed by atoms with E-state index in [-0.39, 0.29) is 11.2 Å². The van der Waals surface area contributed by atoms with E-state index in [1.54, 1.807) is 0 Å². The number of aryl methyl sites for hydroxylation is 1. The number of aromatic nitrogens is 2. The smallest absolute Gasteiger partial charge is 0.237 e. The Bertz CT molecular complexity index is 798. The molecule has 0 radical (unpaired) electrons. The van der Waals surface area contributed by atoms with Crippen molar-refractivity contribution in [1.82, 2.24) is 9.97 Å². The van der Waals surface area contributed by atoms with E-state index in [0.29, 0.717) is 0 Å². The van der Waals surface area contributed by atoms with E-state index in [9.17, 15) is 4.79 Å². The minimum atomic E-state index is -0.234. The lowest BCUT2D eigenvalue weighted by Crippen LogP contribution is -2.22. The fraction of sp³-hybridized carbons (Fsp3) is 0.176. The van der Waals surface area contributed by atoms with Gasteiger partial charge in [-0.1, -0.05) is 36.0 Å². The maximum absolute atomic E-state index is 12.2. The number of thioether (sulfide) groups is 1. The number of nitrogens with zero attached hydrogens (tertiary/aromatic N) is 1. The molecule has 1 amide bonds. The Morgan fingerprint density at radius 2 is 2.00 bits per heavy atom. The number of hydrogen-bond acceptors (Lipinski definition) is 3. The van der Waals surface area contributed by atoms with Gasteiger partial charge in [0.1, 0.15) is 0 Å². The number of benzene rings is 2. The van der Waals surface area contributed by atoms with Gasteiger partial charge >= 0.3 is 0 Å². The molecule has 0 bridgehead atoms. The lowest BCUT2D eigenvalue weighted by Gasteiger charge is -2.10. The molecule has 2 aromatic carbocycles. The molecule has 0 saturated heterocycles. The van der Waals surface area contributed by atoms with Crippen LogP contribution in [0.5, 0.6) is 0 Å². The van der Waals surface area contributed by atoms with E-state index in [1.165, 1.54) is 17.3 Å². The van der Waals surface area contributed by atoms with E-state index in [0.717, 1.165) is 21.9 Å². The Hall–Kier alpha value is -2.27. The highest BCUT2D eigenvalue weighted by molar-refractivity contribution is 8.00. The zero-order valence-electron chi connectivity index (χ0n) is 12.5. The standard InChI is InChI=1S/C17H17N3OS/c1-11-8-9-14-15(10-11)20-17(19-14)22-12(2)16(21)18-13-6-4-3-5-7-13/h3-10,12H,1-2H3,(H,18,21)(H,19,20)/t12-/m0/s1. The maximum atomic E-state index is 12.2. The fourth-order valence-electron chi connectivity index (χ4n) is 2.14. The molecular formula is C17H17N3OS. The second-order valence-electron chi connectivity index (χ2n) is 5.18. The van der Waals surface area contributed by atoms with E-state index >= 15 is 0 Å². The van der Waals surface area contributed by atoms with Crippen molar-refractivity contribution in [1.29, 1.82) is 0 Å². The van der Waals surface area contributed by atoms with Crippen LogP contribution in [0.2, 0.25) is 0 Å². The van der Waals surface area contributed by atoms with Crippen LogP contribution in [0.4, 0.5) is 5.69 Å². The van der Waals surface area contributed by atoms with Crippen LogP contribution in [0.3, 0.4) is 0 Å². The minimum absolute atomic E-state index is 0.0344. The molecule has 0 fully saturated rings. The summed E-state index contributed by atoms with van der Waals surface area (Å²) in [6, 6.07) is 15.5. The second kappa shape index (κ2) is 6.23. The van der Waals surface area contributed by atoms with Gasteiger partial charge in [0.05, 0.1) is 16.3 Å². The van der Waals surface area contributed by atoms with Crippen LogP contribution in [0.1, 0.15) is 12.5 Å². The number of nitrogens with one attached hydrogen (secondary N) is 2. The summed E-state index contributed by atoms with van der Waals surface area (Å²) in [5.74, 6) is -0.0344. The Kier molecular flexibility index (Phi) is 4.15. The third kappa shape index (κ3) is 3.31. The van der Waals surface area contributed by atoms with Crippen LogP contribution >= 0.6 is 11.8 Å². The summed E-state index contributed by atoms with van der Waals surface area (Å²) in [7, 11) is 0. The molecule has 0 aliphatic rings. The number of carbonyl (C=O) groups excluding carboxylic acids is 1. The van der Waals surface area contributed by atoms with Gasteiger partial charge in [0.25, 0.3) is 0 Å². The van der Waals surface area contributed by atoms with Gasteiger partial charge in [-0.3, -0.25) is 4.79 Å². The lowest BCUT2D eigenvalue weighted by molar-refractivity contribution is -0.115. The van der Waals surface area contributed by atoms with Crippen LogP contribution in [-0.4, -0.2) is 21.1 Å². The molecule has 4 nitrogen and oxygen atoms in total. The number of rotatable bonds is 4. The van der Waals surface area contributed by atoms with Crippen LogP contribution in [-0.2, 0) is 4.79 Å². The Labute approximate surface area is 133 Å². The van der Waals surface area contributed by atoms with Gasteiger partial charge in [-0.15, -0.1) is 0 Å². The molecule has 1 aromatic heterocycles. The summed E-state index contributed by atoms with van der Waals surface area (Å²) in [6.07, 6.45) is 0. The normalized spacial score (nSPS) is 12.3. The van der Waals surface area contributed by atoms with Crippen molar-refractivity contribution in [2.75, 3.05) is 5.32 Å². The van der Waals surface area contributed by atoms with Crippen LogP contribution in [0.15, 0.2) is 53.7 Å². The predicted molar refractivity (Wildman–Crippen MR) is 91.2 cm³/mol. The number of amides is 1. The van der Waals surface area contributed by atoms with E-state index < -0.39 is 0 Å². The highest BCUT2D eigenvalue weighted by Gasteiger charge is 2.16. The van der Waals surface area contributed by atoms with Crippen molar-refractivity contribution in [3.63, 3.8) is 0 Å². The summed E-state index contributed by atoms with van der Waals surface area (Å²) in [5, 5.41) is 3.43. The molecule has 22 heavy (non-hydrogen) atoms. The van der Waals surface area contributed by atoms with Crippen LogP contribution in [0, 0.1) is 6.92 Å². The number of fused-ring (bicyclic) bond motifs is 1. The number of anilines is 1. The van der Waals surface area contributed by atoms with E-state index in [2.05, 4.69) is 21.4 Å². The van der Waals surface area contributed by atoms with E-state index in [1.807, 2.05) is 56.3 Å². The number of para-hydroxylation sites is 1. The lowest BCUT2D eigenvalue weighted by atomic mass is 10.2. The Balaban J connectivity index is 1.69. The molecule has 2 N–H and O–H groups in total. The van der Waals surface area contributed by atoms with Crippen molar-refractivity contribution in [3.8, 4) is 0 Å². The van der Waals surface area contributed by atoms with Gasteiger partial charge in [0, 0.05) is 5.69 Å². The van der Waals surface area contributed by atoms with Gasteiger partial charge in [-0.05, 0) is 43.7 Å². The van der Waals surface area contributed by atoms with Gasteiger partial charge in [-0.25, -0.2) is 4.98 Å². The molecule has 0 saturated carbocycles. The molecule has 0 aliphatic heterocycles. The summed E-state index contributed by atoms with van der Waals surface area (Å²) in [4.78, 5) is 20.0. The number of H-pyrrole nitrogens is 1. The van der Waals surface area contributed by atoms with Crippen molar-refractivity contribution in [3.05, 3.63) is 54.1 Å². The second-order valence-corrected chi connectivity index (χ2v) is 6.51. The van der Waals surface area contributed by atoms with Crippen molar-refractivity contribution in [2.45, 2.75) is 24.3 Å². The molecular weight excluding hydrogens is 294 g/mol. The van der Waals surface area contributed by atoms with Crippen molar-refractivity contribution in [2.24, 2.45) is 0 Å². The molecule has 112 valence electrons. The number of imidazole rings is 1. The summed E-state index contributed by atoms with van der Waals surface area (Å²) >= 11 is 1.42. The predicted octanol–water partition coefficient (Wildman–Crippen LogP) is 3.99. The summed E-state index contributed by atoms with van der Waals surface area (Å²) < 4.78 is 0. The number of aromatic amines is 1. The first-order valence-electron chi connectivity index (χ1n) is 7.11. The third-order valence-electron chi connectivity index (χ3n) is 3.31. The van der Waals surface area contributed by atoms with Crippen LogP contribution < -0.4 is 5.32 Å². The minimum Gasteiger partial charge on any atom is -0.333 e. The number of carbonyl (C=O) groups is 1. The SMILES string of the molecule is Cc1ccc2nc(S[C@@H](C)C(=O)Nc3ccccc3)[nH]c2c1. The van der Waals surface area contributed by atoms with E-state index in [4.69, 9.17) is 0 Å². The summed E-state index contributed by atoms with van der Waals surface area (Å²) in [6.45, 7) is 3.92. The average molecular weight is 311 g/mol. The topological polar surface area (TPSA) is 57.8 Å². The first-order valence-corrected chi connectivity index (χ1v) is 7.99. The molecule has 0 aliphatic carbocycles. The highest BCUT2D eigenvalue weighted by atomic mass is 32.2. The van der Waals surface area contributed by atoms with Gasteiger partial charge in [-0.2, -0.15) is 0 Å². The zero-order chi connectivity index (χ0) is 15.5. The van der Waals surface area contributed by atoms with Gasteiger partial charge < -0.3 is 10.3 Å². The zero-order valence-corrected chi connectivity index (χ0v) is 13.3. The maximum Gasteiger partial charge on any atom is 0.237 e. The molecule has 3 rings (SSSR count). The Morgan fingerprint density at radius 1 is 1.23 bits per heavy atom. The largest absolute Gasteiger partial charge is 0.333 e. The number of hydrogen-bond donors (Lipinski definition) is 2. The molecule has 0 spiro atoms. The van der Waals surface area contributed by atoms with Gasteiger partial charge in [0.2, 0.25) is 5.91 Å². The molecule has 0 unspecified atom stereocenters. The molecule has 1 atom stereocenters. The first kappa shape index (κ1) is 14.7. The monoisotopic (exact) mass is 311 g/mol. The van der Waals surface area contributed by atoms with Crippen LogP contribution in [0.25, 0.3) is 11.0 Å². The Morgan fingerprint density at radius 3 is 2.77 bits per heavy atom. The highest BCUT2D eigenvalue weighted by Crippen LogP contribution is 2.24. The van der Waals surface area contributed by atoms with Crippen molar-refractivity contribution < 1.29 is 4.79 Å².